The van der Waals surface area contributed by atoms with Crippen molar-refractivity contribution >= 4 is 94.8 Å². The van der Waals surface area contributed by atoms with Crippen LogP contribution in [0.3, 0.4) is 0 Å². The molecule has 7 atom stereocenters. The van der Waals surface area contributed by atoms with E-state index < -0.39 is 51.5 Å². The third-order valence-electron chi connectivity index (χ3n) is 27.7. The number of likely N-dealkylation sites (N-methyl/N-ethyl adjacent to an activating group) is 5. The molecule has 0 N–H and O–H groups in total. The zero-order chi connectivity index (χ0) is 88.5. The minimum atomic E-state index is -1.49. The predicted molar refractivity (Wildman–Crippen MR) is 451 cm³/mol. The van der Waals surface area contributed by atoms with Crippen molar-refractivity contribution in [2.45, 2.75) is 191 Å². The van der Waals surface area contributed by atoms with Gasteiger partial charge in [-0.2, -0.15) is 0 Å². The van der Waals surface area contributed by atoms with Crippen molar-refractivity contribution in [2.24, 2.45) is 34.6 Å². The van der Waals surface area contributed by atoms with Gasteiger partial charge in [0.25, 0.3) is 29.5 Å². The van der Waals surface area contributed by atoms with Crippen LogP contribution in [0.25, 0.3) is 0 Å². The monoisotopic (exact) mass is 1680 g/mol. The molecule has 15 amide bonds. The van der Waals surface area contributed by atoms with Crippen LogP contribution in [0.15, 0.2) is 149 Å². The molecule has 0 spiro atoms. The maximum atomic E-state index is 14.2. The first kappa shape index (κ1) is 91.1. The highest BCUT2D eigenvalue weighted by atomic mass is 19.1. The number of nitrogens with zero attached hydrogens (tertiary/aromatic N) is 11. The first-order valence-electron chi connectivity index (χ1n) is 42.4. The number of halogens is 1. The summed E-state index contributed by atoms with van der Waals surface area (Å²) in [5.41, 5.74) is -2.92. The van der Waals surface area contributed by atoms with Crippen LogP contribution in [0.5, 0.6) is 5.75 Å². The van der Waals surface area contributed by atoms with E-state index in [1.807, 2.05) is 33.8 Å². The highest BCUT2D eigenvalue weighted by Gasteiger charge is 2.62. The molecule has 10 aliphatic rings. The fraction of sp³-hybridized carbons (Fsp3) is 0.505. The number of carbonyl (C=O) groups excluding carboxylic acids is 15. The number of hydrogen-bond donors (Lipinski definition) is 0. The Morgan fingerprint density at radius 3 is 1.19 bits per heavy atom. The second-order valence-electron chi connectivity index (χ2n) is 34.4. The molecule has 7 heterocycles. The summed E-state index contributed by atoms with van der Waals surface area (Å²) in [6, 6.07) is 30.8. The SMILES string of the molecule is CC1CCCCC1C1(C)C(=O)N(CC(=O)c2ccccc2)C(=O)N1C.CN1C(=O)N(CC(=O)C2=CCN=C2)C(=O)C1(C)C1CCCCC1.CN1C(=O)N(CC(=O)c2ccccc2)C(=O)C1(C)c1ccccc1F.CN1C(=O)N(CC(=O)c2ccco2)C(=O)C1(C)C1CCCCC1.COc1cccc(C(=O)CN2C(=O)N(C)C(C)(C3CCCCC3)C2=O)c1. The molecule has 5 saturated heterocycles. The second kappa shape index (κ2) is 38.2. The number of urea groups is 5. The lowest BCUT2D eigenvalue weighted by molar-refractivity contribution is -0.137. The largest absolute Gasteiger partial charge is 0.497 e. The predicted octanol–water partition coefficient (Wildman–Crippen LogP) is 13.8. The Morgan fingerprint density at radius 1 is 0.410 bits per heavy atom. The number of benzene rings is 4. The van der Waals surface area contributed by atoms with Crippen LogP contribution in [0.2, 0.25) is 0 Å². The number of amides is 15. The normalized spacial score (nSPS) is 25.8. The number of Topliss-reactive ketones (excluding diaryl/α,β-unsaturated/α-hetero) is 5. The van der Waals surface area contributed by atoms with Crippen molar-refractivity contribution in [3.63, 3.8) is 0 Å². The van der Waals surface area contributed by atoms with Gasteiger partial charge in [0.15, 0.2) is 28.9 Å². The average Bonchev–Trinajstić information content (AvgIpc) is 1.61. The van der Waals surface area contributed by atoms with E-state index in [1.165, 1.54) is 103 Å². The Kier molecular flexibility index (Phi) is 28.5. The van der Waals surface area contributed by atoms with Gasteiger partial charge in [-0.25, -0.2) is 28.4 Å². The molecule has 650 valence electrons. The number of imide groups is 5. The van der Waals surface area contributed by atoms with E-state index in [4.69, 9.17) is 9.15 Å². The molecule has 4 saturated carbocycles. The van der Waals surface area contributed by atoms with Gasteiger partial charge in [0.05, 0.1) is 52.6 Å². The molecular weight excluding hydrogens is 1560 g/mol. The summed E-state index contributed by atoms with van der Waals surface area (Å²) in [4.78, 5) is 207. The standard InChI is InChI=1S/C20H26N2O4.C20H26N2O3.C19H17FN2O3.C17H23N3O3.C17H22N2O4/c1-20(15-9-5-4-6-10-15)18(24)22(19(25)21(20)2)13-17(23)14-8-7-11-16(12-14)26-3;1-14-9-7-8-12-16(14)20(2)18(24)22(19(25)21(20)3)13-17(23)15-10-5-4-6-11-15;1-19(14-10-6-7-11-15(14)20)17(24)22(18(25)21(19)2)12-16(23)13-8-4-3-5-9-13;1-17(13-6-4-3-5-7-13)15(22)20(16(23)19(17)2)11-14(21)12-8-9-18-10-12;1-17(12-7-4-3-5-8-12)15(21)19(16(22)18(17)2)11-13(20)14-9-6-10-23-14/h7-8,11-12,15H,4-6,9-10,13H2,1-3H3;4-6,10-11,14,16H,7-9,12-13H2,1-3H3;3-11H,12H2,1-2H3;8,10,13H,3-7,9,11H2,1-2H3;6,9-10,12H,3-5,7-8,11H2,1-2H3. The zero-order valence-electron chi connectivity index (χ0n) is 72.1. The molecule has 15 rings (SSSR count). The number of hydrogen-bond acceptors (Lipinski definition) is 18. The highest BCUT2D eigenvalue weighted by Crippen LogP contribution is 2.47. The van der Waals surface area contributed by atoms with Gasteiger partial charge in [0.2, 0.25) is 5.78 Å². The summed E-state index contributed by atoms with van der Waals surface area (Å²) in [7, 11) is 9.66. The van der Waals surface area contributed by atoms with Gasteiger partial charge in [0, 0.05) is 69.3 Å². The van der Waals surface area contributed by atoms with Gasteiger partial charge < -0.3 is 33.7 Å². The topological polar surface area (TPSA) is 323 Å². The second-order valence-corrected chi connectivity index (χ2v) is 34.4. The first-order chi connectivity index (χ1) is 58.0. The lowest BCUT2D eigenvalue weighted by atomic mass is 9.69. The van der Waals surface area contributed by atoms with Gasteiger partial charge in [-0.3, -0.25) is 77.4 Å². The van der Waals surface area contributed by atoms with Crippen molar-refractivity contribution in [3.8, 4) is 5.75 Å². The van der Waals surface area contributed by atoms with Crippen LogP contribution < -0.4 is 4.74 Å². The molecule has 6 aliphatic heterocycles. The molecule has 122 heavy (non-hydrogen) atoms. The molecule has 4 aliphatic carbocycles. The Labute approximate surface area is 712 Å². The van der Waals surface area contributed by atoms with E-state index in [-0.39, 0.29) is 138 Å². The maximum Gasteiger partial charge on any atom is 0.328 e. The average molecular weight is 1680 g/mol. The van der Waals surface area contributed by atoms with E-state index in [0.29, 0.717) is 40.5 Å². The van der Waals surface area contributed by atoms with E-state index in [9.17, 15) is 76.3 Å². The van der Waals surface area contributed by atoms with E-state index in [0.717, 1.165) is 121 Å². The molecule has 29 heteroatoms. The number of rotatable bonds is 21. The fourth-order valence-electron chi connectivity index (χ4n) is 19.3. The summed E-state index contributed by atoms with van der Waals surface area (Å²) < 4.78 is 24.4. The molecule has 28 nitrogen and oxygen atoms in total. The lowest BCUT2D eigenvalue weighted by Gasteiger charge is -2.42. The van der Waals surface area contributed by atoms with Crippen LogP contribution in [0.4, 0.5) is 28.4 Å². The molecule has 0 bridgehead atoms. The van der Waals surface area contributed by atoms with Crippen LogP contribution in [0.1, 0.15) is 211 Å². The van der Waals surface area contributed by atoms with Crippen molar-refractivity contribution in [1.82, 2.24) is 49.0 Å². The van der Waals surface area contributed by atoms with E-state index >= 15 is 0 Å². The number of ether oxygens (including phenoxy) is 1. The number of aliphatic imine (C=N–C) groups is 1. The third kappa shape index (κ3) is 17.6. The summed E-state index contributed by atoms with van der Waals surface area (Å²) >= 11 is 0. The zero-order valence-corrected chi connectivity index (χ0v) is 72.1. The van der Waals surface area contributed by atoms with E-state index in [2.05, 4.69) is 11.9 Å². The molecule has 7 unspecified atom stereocenters. The summed E-state index contributed by atoms with van der Waals surface area (Å²) in [5.74, 6) is -1.87. The van der Waals surface area contributed by atoms with E-state index in [1.54, 1.807) is 130 Å². The number of methoxy groups -OCH3 is 1. The van der Waals surface area contributed by atoms with Gasteiger partial charge in [-0.15, -0.1) is 0 Å². The highest BCUT2D eigenvalue weighted by molar-refractivity contribution is 6.19. The van der Waals surface area contributed by atoms with Crippen LogP contribution in [-0.2, 0) is 34.3 Å². The quantitative estimate of drug-likeness (QED) is 0.0486. The number of furan rings is 1. The number of carbonyl (C=O) groups is 15. The minimum absolute atomic E-state index is 0.102. The molecule has 9 fully saturated rings. The Hall–Kier alpha value is -11.7. The van der Waals surface area contributed by atoms with Crippen molar-refractivity contribution < 1.29 is 85.5 Å². The fourth-order valence-corrected chi connectivity index (χ4v) is 19.3. The van der Waals surface area contributed by atoms with Crippen LogP contribution in [0, 0.1) is 35.4 Å². The summed E-state index contributed by atoms with van der Waals surface area (Å²) in [5, 5.41) is 0. The molecular formula is C93H114FN11O17. The molecule has 5 aromatic rings. The maximum absolute atomic E-state index is 14.2. The smallest absolute Gasteiger partial charge is 0.328 e. The third-order valence-corrected chi connectivity index (χ3v) is 27.7. The Bertz CT molecular complexity index is 4890. The number of ketones is 5. The minimum Gasteiger partial charge on any atom is -0.497 e. The van der Waals surface area contributed by atoms with Gasteiger partial charge in [-0.05, 0) is 139 Å². The van der Waals surface area contributed by atoms with Gasteiger partial charge >= 0.3 is 30.2 Å². The molecule has 0 radical (unpaired) electrons. The van der Waals surface area contributed by atoms with Crippen molar-refractivity contribution in [3.05, 3.63) is 173 Å². The van der Waals surface area contributed by atoms with Gasteiger partial charge in [0.1, 0.15) is 39.3 Å². The lowest BCUT2D eigenvalue weighted by Crippen LogP contribution is -2.54. The Balaban J connectivity index is 0.000000149. The Morgan fingerprint density at radius 2 is 0.779 bits per heavy atom. The first-order valence-corrected chi connectivity index (χ1v) is 42.4. The van der Waals surface area contributed by atoms with Crippen LogP contribution >= 0.6 is 0 Å². The van der Waals surface area contributed by atoms with Gasteiger partial charge in [-0.1, -0.05) is 181 Å². The summed E-state index contributed by atoms with van der Waals surface area (Å²) in [6.07, 6.45) is 24.7. The van der Waals surface area contributed by atoms with Crippen molar-refractivity contribution in [2.75, 3.05) is 81.6 Å². The van der Waals surface area contributed by atoms with Crippen molar-refractivity contribution in [1.29, 1.82) is 0 Å². The molecule has 1 aromatic heterocycles. The molecule has 4 aromatic carbocycles. The summed E-state index contributed by atoms with van der Waals surface area (Å²) in [6.45, 7) is 10.3. The van der Waals surface area contributed by atoms with Crippen LogP contribution in [-0.4, -0.2) is 248 Å².